The molecule has 2 heterocycles. The van der Waals surface area contributed by atoms with Crippen LogP contribution in [-0.4, -0.2) is 35.0 Å². The van der Waals surface area contributed by atoms with E-state index in [0.717, 1.165) is 0 Å². The van der Waals surface area contributed by atoms with Gasteiger partial charge in [-0.2, -0.15) is 5.26 Å². The molecule has 9 nitrogen and oxygen atoms in total. The molecule has 0 radical (unpaired) electrons. The van der Waals surface area contributed by atoms with E-state index in [9.17, 15) is 14.4 Å². The fourth-order valence-corrected chi connectivity index (χ4v) is 2.98. The van der Waals surface area contributed by atoms with Crippen molar-refractivity contribution in [1.82, 2.24) is 20.3 Å². The number of ether oxygens (including phenoxy) is 1. The van der Waals surface area contributed by atoms with Crippen LogP contribution in [0.3, 0.4) is 0 Å². The minimum absolute atomic E-state index is 0.0390. The molecule has 148 valence electrons. The summed E-state index contributed by atoms with van der Waals surface area (Å²) in [6.45, 7) is 1.76. The molecule has 0 saturated heterocycles. The van der Waals surface area contributed by atoms with Gasteiger partial charge >= 0.3 is 0 Å². The number of anilines is 2. The molecule has 0 spiro atoms. The minimum Gasteiger partial charge on any atom is -0.494 e. The van der Waals surface area contributed by atoms with Crippen molar-refractivity contribution in [2.24, 2.45) is 0 Å². The van der Waals surface area contributed by atoms with Gasteiger partial charge in [-0.05, 0) is 25.1 Å². The number of nitriles is 1. The largest absolute Gasteiger partial charge is 0.494 e. The van der Waals surface area contributed by atoms with Crippen molar-refractivity contribution in [1.29, 1.82) is 5.26 Å². The van der Waals surface area contributed by atoms with E-state index in [0.29, 0.717) is 16.6 Å². The molecule has 0 aliphatic heterocycles. The van der Waals surface area contributed by atoms with Crippen LogP contribution in [-0.2, 0) is 0 Å². The van der Waals surface area contributed by atoms with Crippen LogP contribution >= 0.6 is 0 Å². The molecule has 0 bridgehead atoms. The van der Waals surface area contributed by atoms with E-state index in [1.807, 2.05) is 6.07 Å². The number of pyridine rings is 1. The molecule has 1 unspecified atom stereocenters. The van der Waals surface area contributed by atoms with E-state index in [2.05, 4.69) is 25.6 Å². The van der Waals surface area contributed by atoms with E-state index in [1.165, 1.54) is 38.7 Å². The van der Waals surface area contributed by atoms with Gasteiger partial charge in [0.1, 0.15) is 41.1 Å². The van der Waals surface area contributed by atoms with Gasteiger partial charge in [0.25, 0.3) is 5.91 Å². The van der Waals surface area contributed by atoms with Crippen LogP contribution in [0, 0.1) is 17.1 Å². The van der Waals surface area contributed by atoms with Crippen LogP contribution < -0.4 is 21.1 Å². The number of amides is 1. The molecular formula is C19H18FN7O2. The van der Waals surface area contributed by atoms with Crippen LogP contribution in [0.2, 0.25) is 0 Å². The van der Waals surface area contributed by atoms with Crippen molar-refractivity contribution in [2.45, 2.75) is 13.0 Å². The molecule has 10 heteroatoms. The summed E-state index contributed by atoms with van der Waals surface area (Å²) in [7, 11) is 2.87. The van der Waals surface area contributed by atoms with Gasteiger partial charge in [0.2, 0.25) is 0 Å². The highest BCUT2D eigenvalue weighted by molar-refractivity contribution is 6.08. The van der Waals surface area contributed by atoms with Gasteiger partial charge in [0.15, 0.2) is 5.75 Å². The number of hydrogen-bond donors (Lipinski definition) is 3. The van der Waals surface area contributed by atoms with Crippen LogP contribution in [0.1, 0.15) is 34.6 Å². The molecule has 3 rings (SSSR count). The Morgan fingerprint density at radius 1 is 1.38 bits per heavy atom. The van der Waals surface area contributed by atoms with Crippen molar-refractivity contribution in [3.05, 3.63) is 47.2 Å². The Kier molecular flexibility index (Phi) is 5.40. The summed E-state index contributed by atoms with van der Waals surface area (Å²) < 4.78 is 19.3. The summed E-state index contributed by atoms with van der Waals surface area (Å²) in [5.41, 5.74) is 6.77. The lowest BCUT2D eigenvalue weighted by atomic mass is 10.0. The second-order valence-corrected chi connectivity index (χ2v) is 6.11. The Labute approximate surface area is 165 Å². The molecule has 0 aliphatic rings. The van der Waals surface area contributed by atoms with Crippen molar-refractivity contribution in [3.8, 4) is 11.8 Å². The molecule has 29 heavy (non-hydrogen) atoms. The van der Waals surface area contributed by atoms with Gasteiger partial charge in [0, 0.05) is 12.4 Å². The second kappa shape index (κ2) is 7.93. The predicted molar refractivity (Wildman–Crippen MR) is 105 cm³/mol. The van der Waals surface area contributed by atoms with Crippen LogP contribution in [0.25, 0.3) is 10.9 Å². The Morgan fingerprint density at radius 3 is 2.79 bits per heavy atom. The number of aromatic nitrogens is 3. The number of fused-ring (bicyclic) bond motifs is 1. The average Bonchev–Trinajstić information content (AvgIpc) is 2.71. The van der Waals surface area contributed by atoms with Crippen LogP contribution in [0.4, 0.5) is 16.0 Å². The van der Waals surface area contributed by atoms with Gasteiger partial charge in [-0.15, -0.1) is 0 Å². The first-order chi connectivity index (χ1) is 13.9. The summed E-state index contributed by atoms with van der Waals surface area (Å²) in [6.07, 6.45) is 1.23. The normalized spacial score (nSPS) is 11.6. The lowest BCUT2D eigenvalue weighted by Gasteiger charge is -2.21. The quantitative estimate of drug-likeness (QED) is 0.597. The summed E-state index contributed by atoms with van der Waals surface area (Å²) >= 11 is 0. The number of nitrogens with one attached hydrogen (secondary N) is 2. The van der Waals surface area contributed by atoms with Crippen molar-refractivity contribution in [2.75, 3.05) is 25.2 Å². The number of carbonyl (C=O) groups is 1. The first kappa shape index (κ1) is 19.8. The first-order valence-electron chi connectivity index (χ1n) is 8.57. The SMILES string of the molecule is CNC(=O)c1c(OC)c(C(C)Nc2ncnc(N)c2C#N)nc2ccc(F)cc12. The standard InChI is InChI=1S/C19H18FN7O2/c1-9(26-18-12(7-21)17(22)24-8-25-18)15-16(29-3)14(19(28)23-2)11-6-10(20)4-5-13(11)27-15/h4-6,8-9H,1-3H3,(H,23,28)(H3,22,24,25,26). The van der Waals surface area contributed by atoms with E-state index in [1.54, 1.807) is 6.92 Å². The van der Waals surface area contributed by atoms with Crippen molar-refractivity contribution >= 4 is 28.4 Å². The fraction of sp³-hybridized carbons (Fsp3) is 0.211. The van der Waals surface area contributed by atoms with Gasteiger partial charge in [-0.1, -0.05) is 0 Å². The monoisotopic (exact) mass is 395 g/mol. The fourth-order valence-electron chi connectivity index (χ4n) is 2.98. The predicted octanol–water partition coefficient (Wildman–Crippen LogP) is 2.16. The Balaban J connectivity index is 2.19. The lowest BCUT2D eigenvalue weighted by Crippen LogP contribution is -2.22. The van der Waals surface area contributed by atoms with E-state index in [-0.39, 0.29) is 28.5 Å². The molecule has 0 fully saturated rings. The van der Waals surface area contributed by atoms with Gasteiger partial charge in [-0.3, -0.25) is 4.79 Å². The number of nitrogens with zero attached hydrogens (tertiary/aromatic N) is 4. The van der Waals surface area contributed by atoms with Crippen molar-refractivity contribution < 1.29 is 13.9 Å². The number of carbonyl (C=O) groups excluding carboxylic acids is 1. The Bertz CT molecular complexity index is 1140. The number of hydrogen-bond acceptors (Lipinski definition) is 8. The highest BCUT2D eigenvalue weighted by Gasteiger charge is 2.25. The summed E-state index contributed by atoms with van der Waals surface area (Å²) in [5.74, 6) is -0.505. The van der Waals surface area contributed by atoms with E-state index >= 15 is 0 Å². The maximum atomic E-state index is 13.8. The molecule has 1 atom stereocenters. The maximum absolute atomic E-state index is 13.8. The molecule has 2 aromatic heterocycles. The molecule has 1 amide bonds. The zero-order chi connectivity index (χ0) is 21.1. The highest BCUT2D eigenvalue weighted by atomic mass is 19.1. The number of methoxy groups -OCH3 is 1. The van der Waals surface area contributed by atoms with E-state index < -0.39 is 17.8 Å². The number of nitrogen functional groups attached to an aromatic ring is 1. The van der Waals surface area contributed by atoms with Gasteiger partial charge in [-0.25, -0.2) is 19.3 Å². The Morgan fingerprint density at radius 2 is 2.14 bits per heavy atom. The average molecular weight is 395 g/mol. The Hall–Kier alpha value is -4.00. The smallest absolute Gasteiger partial charge is 0.255 e. The van der Waals surface area contributed by atoms with E-state index in [4.69, 9.17) is 10.5 Å². The molecule has 0 saturated carbocycles. The highest BCUT2D eigenvalue weighted by Crippen LogP contribution is 2.35. The third kappa shape index (κ3) is 3.58. The van der Waals surface area contributed by atoms with Gasteiger partial charge in [0.05, 0.1) is 24.2 Å². The van der Waals surface area contributed by atoms with Gasteiger partial charge < -0.3 is 21.1 Å². The minimum atomic E-state index is -0.538. The first-order valence-corrected chi connectivity index (χ1v) is 8.57. The van der Waals surface area contributed by atoms with Crippen LogP contribution in [0.5, 0.6) is 5.75 Å². The second-order valence-electron chi connectivity index (χ2n) is 6.11. The number of rotatable bonds is 5. The topological polar surface area (TPSA) is 139 Å². The van der Waals surface area contributed by atoms with Crippen LogP contribution in [0.15, 0.2) is 24.5 Å². The number of halogens is 1. The number of nitrogens with two attached hydrogens (primary N) is 1. The molecule has 0 aliphatic carbocycles. The maximum Gasteiger partial charge on any atom is 0.255 e. The summed E-state index contributed by atoms with van der Waals surface area (Å²) in [4.78, 5) is 25.0. The summed E-state index contributed by atoms with van der Waals surface area (Å²) in [5, 5.41) is 15.2. The lowest BCUT2D eigenvalue weighted by molar-refractivity contribution is 0.0961. The third-order valence-electron chi connectivity index (χ3n) is 4.34. The number of benzene rings is 1. The molecule has 4 N–H and O–H groups in total. The third-order valence-corrected chi connectivity index (χ3v) is 4.34. The molecule has 1 aromatic carbocycles. The molecular weight excluding hydrogens is 377 g/mol. The van der Waals surface area contributed by atoms with Crippen molar-refractivity contribution in [3.63, 3.8) is 0 Å². The summed E-state index contributed by atoms with van der Waals surface area (Å²) in [6, 6.07) is 5.39. The zero-order valence-electron chi connectivity index (χ0n) is 15.9. The molecule has 3 aromatic rings. The zero-order valence-corrected chi connectivity index (χ0v) is 15.9.